The van der Waals surface area contributed by atoms with Crippen molar-refractivity contribution < 1.29 is 9.53 Å². The molecule has 5 nitrogen and oxygen atoms in total. The molecule has 104 valence electrons. The summed E-state index contributed by atoms with van der Waals surface area (Å²) in [5.74, 6) is -0.341. The van der Waals surface area contributed by atoms with E-state index in [2.05, 4.69) is 26.9 Å². The van der Waals surface area contributed by atoms with Crippen LogP contribution in [-0.2, 0) is 11.3 Å². The Bertz CT molecular complexity index is 413. The van der Waals surface area contributed by atoms with E-state index in [-0.39, 0.29) is 5.97 Å². The summed E-state index contributed by atoms with van der Waals surface area (Å²) in [6, 6.07) is 4.26. The molecule has 5 heteroatoms. The van der Waals surface area contributed by atoms with Crippen LogP contribution in [-0.4, -0.2) is 48.6 Å². The minimum atomic E-state index is -0.341. The summed E-state index contributed by atoms with van der Waals surface area (Å²) in [4.78, 5) is 18.1. The van der Waals surface area contributed by atoms with E-state index in [0.717, 1.165) is 31.9 Å². The fourth-order valence-corrected chi connectivity index (χ4v) is 2.41. The van der Waals surface area contributed by atoms with Crippen LogP contribution in [0, 0.1) is 0 Å². The fraction of sp³-hybridized carbons (Fsp3) is 0.571. The van der Waals surface area contributed by atoms with Gasteiger partial charge in [0.05, 0.1) is 18.4 Å². The van der Waals surface area contributed by atoms with Gasteiger partial charge in [0, 0.05) is 25.3 Å². The number of ether oxygens (including phenoxy) is 1. The van der Waals surface area contributed by atoms with Crippen molar-refractivity contribution in [3.8, 4) is 0 Å². The van der Waals surface area contributed by atoms with Gasteiger partial charge in [0.25, 0.3) is 0 Å². The number of pyridine rings is 1. The Balaban J connectivity index is 1.99. The van der Waals surface area contributed by atoms with E-state index in [1.54, 1.807) is 12.3 Å². The van der Waals surface area contributed by atoms with Gasteiger partial charge in [-0.2, -0.15) is 0 Å². The number of carbonyl (C=O) groups is 1. The van der Waals surface area contributed by atoms with Crippen LogP contribution in [0.4, 0.5) is 0 Å². The maximum Gasteiger partial charge on any atom is 0.339 e. The molecule has 1 saturated heterocycles. The molecule has 1 N–H and O–H groups in total. The number of hydrogen-bond donors (Lipinski definition) is 1. The van der Waals surface area contributed by atoms with Gasteiger partial charge in [0.2, 0.25) is 0 Å². The predicted octanol–water partition coefficient (Wildman–Crippen LogP) is 1.05. The number of rotatable bonds is 5. The van der Waals surface area contributed by atoms with Crippen LogP contribution in [0.25, 0.3) is 0 Å². The highest BCUT2D eigenvalue weighted by atomic mass is 16.5. The molecule has 0 aliphatic carbocycles. The van der Waals surface area contributed by atoms with Crippen LogP contribution in [0.3, 0.4) is 0 Å². The third kappa shape index (κ3) is 3.52. The Labute approximate surface area is 114 Å². The van der Waals surface area contributed by atoms with Crippen molar-refractivity contribution in [1.82, 2.24) is 15.2 Å². The van der Waals surface area contributed by atoms with Gasteiger partial charge in [-0.1, -0.05) is 6.92 Å². The number of nitrogens with zero attached hydrogens (tertiary/aromatic N) is 2. The van der Waals surface area contributed by atoms with Gasteiger partial charge < -0.3 is 10.1 Å². The Kier molecular flexibility index (Phi) is 4.87. The summed E-state index contributed by atoms with van der Waals surface area (Å²) in [5, 5.41) is 3.38. The van der Waals surface area contributed by atoms with Crippen molar-refractivity contribution in [2.45, 2.75) is 25.9 Å². The highest BCUT2D eigenvalue weighted by molar-refractivity contribution is 5.88. The Morgan fingerprint density at radius 2 is 2.42 bits per heavy atom. The van der Waals surface area contributed by atoms with Crippen LogP contribution in [0.5, 0.6) is 0 Å². The molecule has 0 saturated carbocycles. The number of carbonyl (C=O) groups excluding carboxylic acids is 1. The minimum absolute atomic E-state index is 0.341. The van der Waals surface area contributed by atoms with Crippen LogP contribution in [0.15, 0.2) is 18.3 Å². The zero-order valence-corrected chi connectivity index (χ0v) is 11.6. The quantitative estimate of drug-likeness (QED) is 0.805. The lowest BCUT2D eigenvalue weighted by atomic mass is 10.2. The second kappa shape index (κ2) is 6.63. The second-order valence-corrected chi connectivity index (χ2v) is 4.74. The molecule has 2 rings (SSSR count). The second-order valence-electron chi connectivity index (χ2n) is 4.74. The molecule has 0 aromatic carbocycles. The van der Waals surface area contributed by atoms with Gasteiger partial charge in [-0.3, -0.25) is 9.88 Å². The fourth-order valence-electron chi connectivity index (χ4n) is 2.41. The number of nitrogens with one attached hydrogen (secondary N) is 1. The molecular weight excluding hydrogens is 242 g/mol. The molecule has 1 aromatic rings. The van der Waals surface area contributed by atoms with Gasteiger partial charge >= 0.3 is 5.97 Å². The first kappa shape index (κ1) is 14.0. The van der Waals surface area contributed by atoms with Crippen LogP contribution in [0.2, 0.25) is 0 Å². The van der Waals surface area contributed by atoms with Gasteiger partial charge in [-0.25, -0.2) is 4.79 Å². The molecule has 1 unspecified atom stereocenters. The molecule has 1 aromatic heterocycles. The molecule has 1 aliphatic rings. The average Bonchev–Trinajstić information content (AvgIpc) is 2.98. The van der Waals surface area contributed by atoms with E-state index in [9.17, 15) is 4.79 Å². The van der Waals surface area contributed by atoms with Crippen LogP contribution in [0.1, 0.15) is 29.4 Å². The molecule has 1 atom stereocenters. The Morgan fingerprint density at radius 1 is 1.58 bits per heavy atom. The number of methoxy groups -OCH3 is 1. The van der Waals surface area contributed by atoms with E-state index in [4.69, 9.17) is 0 Å². The molecule has 0 spiro atoms. The number of aromatic nitrogens is 1. The zero-order valence-electron chi connectivity index (χ0n) is 11.6. The monoisotopic (exact) mass is 263 g/mol. The van der Waals surface area contributed by atoms with Crippen molar-refractivity contribution >= 4 is 5.97 Å². The molecule has 0 bridgehead atoms. The van der Waals surface area contributed by atoms with E-state index in [0.29, 0.717) is 11.6 Å². The molecule has 19 heavy (non-hydrogen) atoms. The van der Waals surface area contributed by atoms with Crippen LogP contribution < -0.4 is 5.32 Å². The molecule has 1 fully saturated rings. The van der Waals surface area contributed by atoms with E-state index in [1.165, 1.54) is 13.5 Å². The third-order valence-corrected chi connectivity index (χ3v) is 3.57. The lowest BCUT2D eigenvalue weighted by Crippen LogP contribution is -2.36. The predicted molar refractivity (Wildman–Crippen MR) is 72.9 cm³/mol. The third-order valence-electron chi connectivity index (χ3n) is 3.57. The highest BCUT2D eigenvalue weighted by Gasteiger charge is 2.21. The maximum absolute atomic E-state index is 11.3. The lowest BCUT2D eigenvalue weighted by Gasteiger charge is -2.26. The SMILES string of the molecule is CCN(Cc1ccc(C(=O)OC)cn1)C1CCNC1. The van der Waals surface area contributed by atoms with Crippen LogP contribution >= 0.6 is 0 Å². The molecule has 0 radical (unpaired) electrons. The highest BCUT2D eigenvalue weighted by Crippen LogP contribution is 2.12. The average molecular weight is 263 g/mol. The molecular formula is C14H21N3O2. The van der Waals surface area contributed by atoms with Gasteiger partial charge in [-0.15, -0.1) is 0 Å². The number of esters is 1. The van der Waals surface area contributed by atoms with Crippen molar-refractivity contribution in [2.24, 2.45) is 0 Å². The normalized spacial score (nSPS) is 18.8. The van der Waals surface area contributed by atoms with E-state index >= 15 is 0 Å². The maximum atomic E-state index is 11.3. The first-order chi connectivity index (χ1) is 9.24. The summed E-state index contributed by atoms with van der Waals surface area (Å²) in [6.07, 6.45) is 2.77. The molecule has 2 heterocycles. The number of likely N-dealkylation sites (N-methyl/N-ethyl adjacent to an activating group) is 1. The molecule has 0 amide bonds. The van der Waals surface area contributed by atoms with Crippen molar-refractivity contribution in [3.63, 3.8) is 0 Å². The first-order valence-electron chi connectivity index (χ1n) is 6.72. The topological polar surface area (TPSA) is 54.5 Å². The van der Waals surface area contributed by atoms with Gasteiger partial charge in [-0.05, 0) is 31.6 Å². The minimum Gasteiger partial charge on any atom is -0.465 e. The lowest BCUT2D eigenvalue weighted by molar-refractivity contribution is 0.0600. The Morgan fingerprint density at radius 3 is 2.95 bits per heavy atom. The largest absolute Gasteiger partial charge is 0.465 e. The Hall–Kier alpha value is -1.46. The summed E-state index contributed by atoms with van der Waals surface area (Å²) in [6.45, 7) is 6.14. The van der Waals surface area contributed by atoms with Crippen molar-refractivity contribution in [2.75, 3.05) is 26.7 Å². The zero-order chi connectivity index (χ0) is 13.7. The first-order valence-corrected chi connectivity index (χ1v) is 6.72. The smallest absolute Gasteiger partial charge is 0.339 e. The van der Waals surface area contributed by atoms with Gasteiger partial charge in [0.15, 0.2) is 0 Å². The molecule has 1 aliphatic heterocycles. The standard InChI is InChI=1S/C14H21N3O2/c1-3-17(13-6-7-15-9-13)10-12-5-4-11(8-16-12)14(18)19-2/h4-5,8,13,15H,3,6-7,9-10H2,1-2H3. The summed E-state index contributed by atoms with van der Waals surface area (Å²) in [7, 11) is 1.38. The van der Waals surface area contributed by atoms with Gasteiger partial charge in [0.1, 0.15) is 0 Å². The summed E-state index contributed by atoms with van der Waals surface area (Å²) < 4.78 is 4.66. The summed E-state index contributed by atoms with van der Waals surface area (Å²) >= 11 is 0. The van der Waals surface area contributed by atoms with Crippen molar-refractivity contribution in [3.05, 3.63) is 29.6 Å². The van der Waals surface area contributed by atoms with Crippen molar-refractivity contribution in [1.29, 1.82) is 0 Å². The van der Waals surface area contributed by atoms with E-state index < -0.39 is 0 Å². The number of hydrogen-bond acceptors (Lipinski definition) is 5. The summed E-state index contributed by atoms with van der Waals surface area (Å²) in [5.41, 5.74) is 1.48. The van der Waals surface area contributed by atoms with E-state index in [1.807, 2.05) is 6.07 Å².